The Hall–Kier alpha value is -2.84. The van der Waals surface area contributed by atoms with Crippen molar-refractivity contribution in [2.45, 2.75) is 57.5 Å². The maximum atomic E-state index is 13.2. The van der Waals surface area contributed by atoms with Gasteiger partial charge in [-0.3, -0.25) is 4.79 Å². The largest absolute Gasteiger partial charge is 0.497 e. The summed E-state index contributed by atoms with van der Waals surface area (Å²) in [5.41, 5.74) is 10.2. The minimum Gasteiger partial charge on any atom is -0.497 e. The smallest absolute Gasteiger partial charge is 0.255 e. The summed E-state index contributed by atoms with van der Waals surface area (Å²) in [5.74, 6) is 1.96. The average molecular weight is 486 g/mol. The van der Waals surface area contributed by atoms with Crippen LogP contribution in [-0.4, -0.2) is 46.7 Å². The molecule has 0 unspecified atom stereocenters. The number of methoxy groups -OCH3 is 1. The van der Waals surface area contributed by atoms with Crippen LogP contribution < -0.4 is 20.5 Å². The Bertz CT molecular complexity index is 1170. The van der Waals surface area contributed by atoms with Crippen molar-refractivity contribution in [2.75, 3.05) is 13.7 Å². The minimum atomic E-state index is -0.108. The Morgan fingerprint density at radius 3 is 2.65 bits per heavy atom. The van der Waals surface area contributed by atoms with Gasteiger partial charge >= 0.3 is 0 Å². The molecule has 0 spiro atoms. The number of rotatable bonds is 7. The molecule has 1 amide bonds. The van der Waals surface area contributed by atoms with Gasteiger partial charge in [-0.25, -0.2) is 9.97 Å². The number of carbonyl (C=O) groups excluding carboxylic acids is 1. The molecule has 8 nitrogen and oxygen atoms in total. The number of fused-ring (bicyclic) bond motifs is 1. The molecule has 5 rings (SSSR count). The number of carbonyl (C=O) groups is 1. The molecule has 9 heteroatoms. The van der Waals surface area contributed by atoms with Gasteiger partial charge in [-0.05, 0) is 63.5 Å². The fraction of sp³-hybridized carbons (Fsp3) is 0.480. The maximum absolute atomic E-state index is 13.2. The van der Waals surface area contributed by atoms with Crippen LogP contribution in [0.15, 0.2) is 24.5 Å². The summed E-state index contributed by atoms with van der Waals surface area (Å²) >= 11 is 0. The van der Waals surface area contributed by atoms with Crippen molar-refractivity contribution in [3.8, 4) is 22.8 Å². The van der Waals surface area contributed by atoms with Crippen molar-refractivity contribution in [3.63, 3.8) is 0 Å². The van der Waals surface area contributed by atoms with E-state index in [0.29, 0.717) is 29.3 Å². The molecular formula is C25H32ClN5O3. The predicted octanol–water partition coefficient (Wildman–Crippen LogP) is 4.15. The molecule has 2 aliphatic rings. The van der Waals surface area contributed by atoms with Crippen LogP contribution in [0, 0.1) is 12.8 Å². The average Bonchev–Trinajstić information content (AvgIpc) is 3.58. The second-order valence-electron chi connectivity index (χ2n) is 9.27. The number of hydrogen-bond acceptors (Lipinski definition) is 6. The van der Waals surface area contributed by atoms with Crippen molar-refractivity contribution in [3.05, 3.63) is 35.8 Å². The zero-order valence-electron chi connectivity index (χ0n) is 19.6. The topological polar surface area (TPSA) is 115 Å². The summed E-state index contributed by atoms with van der Waals surface area (Å²) in [6.07, 6.45) is 7.60. The summed E-state index contributed by atoms with van der Waals surface area (Å²) in [4.78, 5) is 25.6. The number of aromatic amines is 1. The summed E-state index contributed by atoms with van der Waals surface area (Å²) < 4.78 is 11.6. The Labute approximate surface area is 205 Å². The van der Waals surface area contributed by atoms with E-state index in [9.17, 15) is 4.79 Å². The van der Waals surface area contributed by atoms with Crippen molar-refractivity contribution in [1.29, 1.82) is 0 Å². The molecule has 0 atom stereocenters. The quantitative estimate of drug-likeness (QED) is 0.463. The third-order valence-corrected chi connectivity index (χ3v) is 6.72. The van der Waals surface area contributed by atoms with Crippen molar-refractivity contribution in [2.24, 2.45) is 11.7 Å². The van der Waals surface area contributed by atoms with E-state index in [1.165, 1.54) is 19.2 Å². The molecule has 182 valence electrons. The Balaban J connectivity index is 0.00000274. The highest BCUT2D eigenvalue weighted by Crippen LogP contribution is 2.38. The number of nitrogens with zero attached hydrogens (tertiary/aromatic N) is 2. The van der Waals surface area contributed by atoms with E-state index in [1.807, 2.05) is 25.1 Å². The monoisotopic (exact) mass is 485 g/mol. The van der Waals surface area contributed by atoms with Gasteiger partial charge in [0.05, 0.1) is 24.8 Å². The lowest BCUT2D eigenvalue weighted by Crippen LogP contribution is -2.40. The van der Waals surface area contributed by atoms with Gasteiger partial charge in [0.1, 0.15) is 29.0 Å². The lowest BCUT2D eigenvalue weighted by atomic mass is 9.91. The van der Waals surface area contributed by atoms with Gasteiger partial charge in [0, 0.05) is 29.4 Å². The molecule has 34 heavy (non-hydrogen) atoms. The number of H-pyrrole nitrogens is 1. The molecule has 3 aromatic rings. The molecule has 2 aromatic heterocycles. The molecule has 2 heterocycles. The third kappa shape index (κ3) is 4.98. The first kappa shape index (κ1) is 24.3. The normalized spacial score (nSPS) is 20.0. The first-order valence-electron chi connectivity index (χ1n) is 11.7. The summed E-state index contributed by atoms with van der Waals surface area (Å²) in [6, 6.07) is 6.12. The van der Waals surface area contributed by atoms with Crippen molar-refractivity contribution in [1.82, 2.24) is 20.3 Å². The van der Waals surface area contributed by atoms with E-state index in [0.717, 1.165) is 54.0 Å². The van der Waals surface area contributed by atoms with Crippen LogP contribution in [-0.2, 0) is 0 Å². The third-order valence-electron chi connectivity index (χ3n) is 6.72. The van der Waals surface area contributed by atoms with Gasteiger partial charge < -0.3 is 25.5 Å². The number of aromatic nitrogens is 3. The number of nitrogens with two attached hydrogens (primary N) is 1. The van der Waals surface area contributed by atoms with Crippen LogP contribution in [0.3, 0.4) is 0 Å². The molecular weight excluding hydrogens is 454 g/mol. The Morgan fingerprint density at radius 1 is 1.18 bits per heavy atom. The van der Waals surface area contributed by atoms with Crippen LogP contribution in [0.5, 0.6) is 11.5 Å². The van der Waals surface area contributed by atoms with Gasteiger partial charge in [-0.2, -0.15) is 0 Å². The number of halogens is 1. The van der Waals surface area contributed by atoms with E-state index in [4.69, 9.17) is 15.2 Å². The molecule has 2 aliphatic carbocycles. The minimum absolute atomic E-state index is 0. The van der Waals surface area contributed by atoms with Crippen LogP contribution in [0.1, 0.15) is 54.6 Å². The zero-order valence-corrected chi connectivity index (χ0v) is 20.4. The molecule has 0 bridgehead atoms. The molecule has 0 radical (unpaired) electrons. The maximum Gasteiger partial charge on any atom is 0.255 e. The second-order valence-corrected chi connectivity index (χ2v) is 9.27. The molecule has 0 aliphatic heterocycles. The highest BCUT2D eigenvalue weighted by Gasteiger charge is 2.26. The number of nitrogens with one attached hydrogen (secondary N) is 2. The zero-order chi connectivity index (χ0) is 22.9. The van der Waals surface area contributed by atoms with E-state index in [-0.39, 0.29) is 30.4 Å². The number of hydrogen-bond donors (Lipinski definition) is 3. The molecule has 1 aromatic carbocycles. The standard InChI is InChI=1S/C25H31N5O3.ClH/c1-14-21(25(31)30-17-7-5-16(26)6-8-17)23-24(29-14)22(27-13-28-23)19-10-9-18(32-2)11-20(19)33-12-15-3-4-15;/h9-11,13,15-17,29H,3-8,12,26H2,1-2H3,(H,30,31);1H/t16-,17-;. The van der Waals surface area contributed by atoms with Gasteiger partial charge in [-0.15, -0.1) is 12.4 Å². The summed E-state index contributed by atoms with van der Waals surface area (Å²) in [5, 5.41) is 3.18. The first-order valence-corrected chi connectivity index (χ1v) is 11.7. The summed E-state index contributed by atoms with van der Waals surface area (Å²) in [7, 11) is 1.64. The van der Waals surface area contributed by atoms with E-state index in [2.05, 4.69) is 20.3 Å². The fourth-order valence-electron chi connectivity index (χ4n) is 4.56. The number of amides is 1. The van der Waals surface area contributed by atoms with E-state index >= 15 is 0 Å². The number of aryl methyl sites for hydroxylation is 1. The van der Waals surface area contributed by atoms with Crippen LogP contribution in [0.25, 0.3) is 22.3 Å². The lowest BCUT2D eigenvalue weighted by Gasteiger charge is -2.26. The van der Waals surface area contributed by atoms with Crippen LogP contribution in [0.2, 0.25) is 0 Å². The number of benzene rings is 1. The summed E-state index contributed by atoms with van der Waals surface area (Å²) in [6.45, 7) is 2.58. The molecule has 4 N–H and O–H groups in total. The van der Waals surface area contributed by atoms with E-state index in [1.54, 1.807) is 7.11 Å². The molecule has 0 saturated heterocycles. The highest BCUT2D eigenvalue weighted by molar-refractivity contribution is 6.09. The van der Waals surface area contributed by atoms with Gasteiger partial charge in [0.2, 0.25) is 0 Å². The lowest BCUT2D eigenvalue weighted by molar-refractivity contribution is 0.0927. The molecule has 2 fully saturated rings. The van der Waals surface area contributed by atoms with Crippen LogP contribution in [0.4, 0.5) is 0 Å². The van der Waals surface area contributed by atoms with Gasteiger partial charge in [-0.1, -0.05) is 0 Å². The highest BCUT2D eigenvalue weighted by atomic mass is 35.5. The van der Waals surface area contributed by atoms with Crippen molar-refractivity contribution < 1.29 is 14.3 Å². The Morgan fingerprint density at radius 2 is 1.94 bits per heavy atom. The van der Waals surface area contributed by atoms with Gasteiger partial charge in [0.15, 0.2) is 0 Å². The second kappa shape index (κ2) is 10.2. The molecule has 2 saturated carbocycles. The number of ether oxygens (including phenoxy) is 2. The van der Waals surface area contributed by atoms with Crippen molar-refractivity contribution >= 4 is 29.3 Å². The first-order chi connectivity index (χ1) is 16.0. The fourth-order valence-corrected chi connectivity index (χ4v) is 4.56. The van der Waals surface area contributed by atoms with Crippen LogP contribution >= 0.6 is 12.4 Å². The van der Waals surface area contributed by atoms with Gasteiger partial charge in [0.25, 0.3) is 5.91 Å². The predicted molar refractivity (Wildman–Crippen MR) is 134 cm³/mol. The SMILES string of the molecule is COc1ccc(-c2ncnc3c(C(=O)N[C@H]4CC[C@H](N)CC4)c(C)[nH]c23)c(OCC2CC2)c1.Cl. The van der Waals surface area contributed by atoms with E-state index < -0.39 is 0 Å². The Kier molecular flexibility index (Phi) is 7.28.